The zero-order valence-corrected chi connectivity index (χ0v) is 9.42. The predicted molar refractivity (Wildman–Crippen MR) is 61.1 cm³/mol. The van der Waals surface area contributed by atoms with Crippen LogP contribution in [0.1, 0.15) is 26.7 Å². The summed E-state index contributed by atoms with van der Waals surface area (Å²) in [6.45, 7) is 8.87. The maximum Gasteiger partial charge on any atom is 0.0683 e. The van der Waals surface area contributed by atoms with Crippen LogP contribution in [0.3, 0.4) is 0 Å². The third-order valence-electron chi connectivity index (χ3n) is 3.12. The van der Waals surface area contributed by atoms with Crippen LogP contribution >= 0.6 is 0 Å². The van der Waals surface area contributed by atoms with E-state index >= 15 is 0 Å². The highest BCUT2D eigenvalue weighted by molar-refractivity contribution is 4.98. The van der Waals surface area contributed by atoms with E-state index in [-0.39, 0.29) is 0 Å². The van der Waals surface area contributed by atoms with Crippen molar-refractivity contribution in [3.63, 3.8) is 0 Å². The first-order valence-corrected chi connectivity index (χ1v) is 5.68. The molecule has 0 spiro atoms. The molecule has 0 aromatic heterocycles. The summed E-state index contributed by atoms with van der Waals surface area (Å²) in [5.74, 6) is 3.66. The molecule has 1 fully saturated rings. The molecule has 1 atom stereocenters. The molecule has 1 heterocycles. The van der Waals surface area contributed by atoms with Crippen LogP contribution in [0.25, 0.3) is 0 Å². The average Bonchev–Trinajstić information content (AvgIpc) is 2.26. The van der Waals surface area contributed by atoms with Gasteiger partial charge in [0.25, 0.3) is 0 Å². The Kier molecular flexibility index (Phi) is 5.00. The fourth-order valence-corrected chi connectivity index (χ4v) is 2.00. The monoisotopic (exact) mass is 194 g/mol. The van der Waals surface area contributed by atoms with Gasteiger partial charge in [0, 0.05) is 0 Å². The first-order chi connectivity index (χ1) is 6.77. The second kappa shape index (κ2) is 6.06. The third kappa shape index (κ3) is 3.32. The molecule has 0 saturated carbocycles. The zero-order valence-electron chi connectivity index (χ0n) is 9.42. The number of likely N-dealkylation sites (tertiary alicyclic amines) is 1. The lowest BCUT2D eigenvalue weighted by Crippen LogP contribution is -2.41. The molecule has 1 unspecified atom stereocenters. The first kappa shape index (κ1) is 11.6. The molecule has 1 aliphatic rings. The van der Waals surface area contributed by atoms with Gasteiger partial charge in [0.05, 0.1) is 6.04 Å². The van der Waals surface area contributed by atoms with Crippen molar-refractivity contribution in [2.45, 2.75) is 32.7 Å². The fraction of sp³-hybridized carbons (Fsp3) is 0.833. The molecular formula is C12H22N2. The Balaban J connectivity index is 2.21. The van der Waals surface area contributed by atoms with E-state index in [0.29, 0.717) is 6.04 Å². The van der Waals surface area contributed by atoms with E-state index in [4.69, 9.17) is 6.42 Å². The van der Waals surface area contributed by atoms with Gasteiger partial charge >= 0.3 is 0 Å². The van der Waals surface area contributed by atoms with E-state index in [1.165, 1.54) is 32.5 Å². The largest absolute Gasteiger partial charge is 0.317 e. The molecule has 2 heteroatoms. The van der Waals surface area contributed by atoms with E-state index in [0.717, 1.165) is 12.5 Å². The van der Waals surface area contributed by atoms with E-state index in [1.807, 2.05) is 0 Å². The maximum absolute atomic E-state index is 5.41. The van der Waals surface area contributed by atoms with E-state index < -0.39 is 0 Å². The first-order valence-electron chi connectivity index (χ1n) is 5.68. The number of nitrogens with zero attached hydrogens (tertiary/aromatic N) is 1. The van der Waals surface area contributed by atoms with Gasteiger partial charge in [-0.15, -0.1) is 6.42 Å². The Labute approximate surface area is 88.1 Å². The highest BCUT2D eigenvalue weighted by Crippen LogP contribution is 2.17. The smallest absolute Gasteiger partial charge is 0.0683 e. The second-order valence-electron chi connectivity index (χ2n) is 4.13. The normalized spacial score (nSPS) is 21.8. The molecule has 2 nitrogen and oxygen atoms in total. The third-order valence-corrected chi connectivity index (χ3v) is 3.12. The van der Waals surface area contributed by atoms with Gasteiger partial charge in [0.1, 0.15) is 0 Å². The fourth-order valence-electron chi connectivity index (χ4n) is 2.00. The Morgan fingerprint density at radius 2 is 2.14 bits per heavy atom. The number of rotatable bonds is 4. The minimum atomic E-state index is 0.315. The van der Waals surface area contributed by atoms with Crippen molar-refractivity contribution in [3.8, 4) is 12.3 Å². The molecular weight excluding hydrogens is 172 g/mol. The molecule has 0 aromatic rings. The number of terminal acetylenes is 1. The van der Waals surface area contributed by atoms with Crippen LogP contribution in [-0.2, 0) is 0 Å². The Bertz CT molecular complexity index is 187. The van der Waals surface area contributed by atoms with Crippen LogP contribution in [0, 0.1) is 18.3 Å². The van der Waals surface area contributed by atoms with Crippen LogP contribution in [0.15, 0.2) is 0 Å². The quantitative estimate of drug-likeness (QED) is 0.679. The standard InChI is InChI=1S/C12H22N2/c1-4-11(3)14-8-6-12(7-9-14)10-13-5-2/h1,11-13H,5-10H2,2-3H3. The summed E-state index contributed by atoms with van der Waals surface area (Å²) in [7, 11) is 0. The second-order valence-corrected chi connectivity index (χ2v) is 4.13. The molecule has 0 aliphatic carbocycles. The van der Waals surface area contributed by atoms with Gasteiger partial charge in [-0.2, -0.15) is 0 Å². The maximum atomic E-state index is 5.41. The Hall–Kier alpha value is -0.520. The lowest BCUT2D eigenvalue weighted by atomic mass is 9.96. The number of nitrogens with one attached hydrogen (secondary N) is 1. The highest BCUT2D eigenvalue weighted by Gasteiger charge is 2.20. The zero-order chi connectivity index (χ0) is 10.4. The van der Waals surface area contributed by atoms with Crippen molar-refractivity contribution < 1.29 is 0 Å². The van der Waals surface area contributed by atoms with Crippen LogP contribution in [0.2, 0.25) is 0 Å². The van der Waals surface area contributed by atoms with Gasteiger partial charge in [-0.3, -0.25) is 4.90 Å². The van der Waals surface area contributed by atoms with Crippen molar-refractivity contribution in [2.75, 3.05) is 26.2 Å². The van der Waals surface area contributed by atoms with Gasteiger partial charge in [-0.25, -0.2) is 0 Å². The molecule has 1 rings (SSSR count). The molecule has 0 aromatic carbocycles. The van der Waals surface area contributed by atoms with Gasteiger partial charge in [0.15, 0.2) is 0 Å². The van der Waals surface area contributed by atoms with Crippen LogP contribution in [0.5, 0.6) is 0 Å². The number of piperidine rings is 1. The Morgan fingerprint density at radius 1 is 1.50 bits per heavy atom. The molecule has 0 amide bonds. The van der Waals surface area contributed by atoms with Gasteiger partial charge in [0.2, 0.25) is 0 Å². The molecule has 14 heavy (non-hydrogen) atoms. The lowest BCUT2D eigenvalue weighted by molar-refractivity contribution is 0.165. The van der Waals surface area contributed by atoms with Crippen LogP contribution in [0.4, 0.5) is 0 Å². The summed E-state index contributed by atoms with van der Waals surface area (Å²) < 4.78 is 0. The molecule has 1 saturated heterocycles. The number of hydrogen-bond donors (Lipinski definition) is 1. The molecule has 1 N–H and O–H groups in total. The molecule has 0 bridgehead atoms. The van der Waals surface area contributed by atoms with Crippen molar-refractivity contribution in [1.82, 2.24) is 10.2 Å². The number of hydrogen-bond acceptors (Lipinski definition) is 2. The van der Waals surface area contributed by atoms with Crippen molar-refractivity contribution in [2.24, 2.45) is 5.92 Å². The van der Waals surface area contributed by atoms with Crippen LogP contribution < -0.4 is 5.32 Å². The molecule has 0 radical (unpaired) electrons. The minimum absolute atomic E-state index is 0.315. The van der Waals surface area contributed by atoms with E-state index in [2.05, 4.69) is 30.0 Å². The van der Waals surface area contributed by atoms with Crippen molar-refractivity contribution in [1.29, 1.82) is 0 Å². The summed E-state index contributed by atoms with van der Waals surface area (Å²) in [4.78, 5) is 2.41. The van der Waals surface area contributed by atoms with E-state index in [9.17, 15) is 0 Å². The van der Waals surface area contributed by atoms with Crippen molar-refractivity contribution in [3.05, 3.63) is 0 Å². The highest BCUT2D eigenvalue weighted by atomic mass is 15.1. The summed E-state index contributed by atoms with van der Waals surface area (Å²) in [5.41, 5.74) is 0. The summed E-state index contributed by atoms with van der Waals surface area (Å²) in [6, 6.07) is 0.315. The average molecular weight is 194 g/mol. The topological polar surface area (TPSA) is 15.3 Å². The van der Waals surface area contributed by atoms with Gasteiger partial charge in [-0.1, -0.05) is 12.8 Å². The SMILES string of the molecule is C#CC(C)N1CCC(CNCC)CC1. The Morgan fingerprint density at radius 3 is 2.64 bits per heavy atom. The minimum Gasteiger partial charge on any atom is -0.317 e. The summed E-state index contributed by atoms with van der Waals surface area (Å²) in [6.07, 6.45) is 8.00. The van der Waals surface area contributed by atoms with Gasteiger partial charge in [-0.05, 0) is 51.9 Å². The van der Waals surface area contributed by atoms with Crippen LogP contribution in [-0.4, -0.2) is 37.1 Å². The predicted octanol–water partition coefficient (Wildman–Crippen LogP) is 1.33. The molecule has 80 valence electrons. The van der Waals surface area contributed by atoms with E-state index in [1.54, 1.807) is 0 Å². The lowest BCUT2D eigenvalue weighted by Gasteiger charge is -2.34. The van der Waals surface area contributed by atoms with Crippen molar-refractivity contribution >= 4 is 0 Å². The molecule has 1 aliphatic heterocycles. The summed E-state index contributed by atoms with van der Waals surface area (Å²) >= 11 is 0. The van der Waals surface area contributed by atoms with Gasteiger partial charge < -0.3 is 5.32 Å². The summed E-state index contributed by atoms with van der Waals surface area (Å²) in [5, 5.41) is 3.42.